The van der Waals surface area contributed by atoms with Crippen molar-refractivity contribution in [2.75, 3.05) is 19.5 Å². The summed E-state index contributed by atoms with van der Waals surface area (Å²) in [5.74, 6) is 2.30. The monoisotopic (exact) mass is 326 g/mol. The second kappa shape index (κ2) is 6.99. The van der Waals surface area contributed by atoms with Crippen molar-refractivity contribution in [1.29, 1.82) is 0 Å². The third kappa shape index (κ3) is 3.45. The van der Waals surface area contributed by atoms with Crippen LogP contribution in [0.1, 0.15) is 18.9 Å². The van der Waals surface area contributed by atoms with Crippen LogP contribution in [0.25, 0.3) is 11.5 Å². The maximum absolute atomic E-state index is 5.75. The molecule has 0 unspecified atom stereocenters. The fourth-order valence-corrected chi connectivity index (χ4v) is 2.16. The molecule has 0 fully saturated rings. The summed E-state index contributed by atoms with van der Waals surface area (Å²) in [6.45, 7) is 1.94. The summed E-state index contributed by atoms with van der Waals surface area (Å²) in [7, 11) is 3.21. The Bertz CT molecular complexity index is 784. The first-order chi connectivity index (χ1) is 11.7. The molecular weight excluding hydrogens is 308 g/mol. The largest absolute Gasteiger partial charge is 0.497 e. The molecule has 0 aliphatic rings. The quantitative estimate of drug-likeness (QED) is 0.744. The Morgan fingerprint density at radius 1 is 1.00 bits per heavy atom. The number of pyridine rings is 1. The van der Waals surface area contributed by atoms with Crippen molar-refractivity contribution < 1.29 is 13.9 Å². The molecule has 0 saturated carbocycles. The van der Waals surface area contributed by atoms with Gasteiger partial charge in [-0.05, 0) is 37.3 Å². The highest BCUT2D eigenvalue weighted by Crippen LogP contribution is 2.24. The lowest BCUT2D eigenvalue weighted by atomic mass is 10.2. The van der Waals surface area contributed by atoms with Crippen LogP contribution in [0.4, 0.5) is 5.69 Å². The third-order valence-electron chi connectivity index (χ3n) is 3.48. The second-order valence-corrected chi connectivity index (χ2v) is 5.13. The molecule has 0 amide bonds. The van der Waals surface area contributed by atoms with Crippen molar-refractivity contribution in [2.24, 2.45) is 0 Å². The van der Waals surface area contributed by atoms with Gasteiger partial charge >= 0.3 is 0 Å². The fraction of sp³-hybridized carbons (Fsp3) is 0.235. The molecule has 124 valence electrons. The molecule has 2 aromatic heterocycles. The molecule has 0 radical (unpaired) electrons. The Morgan fingerprint density at radius 3 is 2.42 bits per heavy atom. The van der Waals surface area contributed by atoms with Crippen LogP contribution >= 0.6 is 0 Å². The number of nitrogens with one attached hydrogen (secondary N) is 1. The molecule has 7 nitrogen and oxygen atoms in total. The van der Waals surface area contributed by atoms with Crippen LogP contribution in [0.5, 0.6) is 11.6 Å². The molecule has 7 heteroatoms. The average Bonchev–Trinajstić information content (AvgIpc) is 3.13. The van der Waals surface area contributed by atoms with Gasteiger partial charge in [-0.3, -0.25) is 0 Å². The lowest BCUT2D eigenvalue weighted by Crippen LogP contribution is -2.07. The molecule has 1 aromatic carbocycles. The van der Waals surface area contributed by atoms with E-state index < -0.39 is 0 Å². The Labute approximate surface area is 139 Å². The number of hydrogen-bond donors (Lipinski definition) is 1. The van der Waals surface area contributed by atoms with Crippen LogP contribution in [0.15, 0.2) is 47.0 Å². The van der Waals surface area contributed by atoms with E-state index in [4.69, 9.17) is 13.9 Å². The van der Waals surface area contributed by atoms with E-state index in [-0.39, 0.29) is 6.04 Å². The second-order valence-electron chi connectivity index (χ2n) is 5.13. The number of nitrogens with zero attached hydrogens (tertiary/aromatic N) is 3. The number of benzene rings is 1. The molecule has 0 aliphatic carbocycles. The highest BCUT2D eigenvalue weighted by molar-refractivity contribution is 5.54. The van der Waals surface area contributed by atoms with Crippen LogP contribution in [0.3, 0.4) is 0 Å². The van der Waals surface area contributed by atoms with Crippen molar-refractivity contribution >= 4 is 5.69 Å². The lowest BCUT2D eigenvalue weighted by molar-refractivity contribution is 0.398. The van der Waals surface area contributed by atoms with Crippen LogP contribution in [0.2, 0.25) is 0 Å². The van der Waals surface area contributed by atoms with Gasteiger partial charge in [-0.1, -0.05) is 0 Å². The van der Waals surface area contributed by atoms with Gasteiger partial charge in [-0.25, -0.2) is 4.98 Å². The first-order valence-electron chi connectivity index (χ1n) is 7.44. The summed E-state index contributed by atoms with van der Waals surface area (Å²) >= 11 is 0. The molecule has 0 saturated heterocycles. The number of methoxy groups -OCH3 is 2. The minimum atomic E-state index is -0.153. The van der Waals surface area contributed by atoms with E-state index in [1.165, 1.54) is 0 Å². The third-order valence-corrected chi connectivity index (χ3v) is 3.48. The molecule has 2 heterocycles. The van der Waals surface area contributed by atoms with Gasteiger partial charge in [0.2, 0.25) is 17.7 Å². The molecule has 0 bridgehead atoms. The topological polar surface area (TPSA) is 82.3 Å². The Morgan fingerprint density at radius 2 is 1.79 bits per heavy atom. The van der Waals surface area contributed by atoms with Gasteiger partial charge in [0.1, 0.15) is 11.8 Å². The SMILES string of the molecule is COc1ccc(-c2nnc([C@H](C)Nc3ccc(OC)nc3)o2)cc1. The van der Waals surface area contributed by atoms with Gasteiger partial charge in [0.15, 0.2) is 0 Å². The minimum Gasteiger partial charge on any atom is -0.497 e. The molecule has 1 N–H and O–H groups in total. The summed E-state index contributed by atoms with van der Waals surface area (Å²) in [4.78, 5) is 4.15. The normalized spacial score (nSPS) is 11.8. The van der Waals surface area contributed by atoms with Gasteiger partial charge in [0.05, 0.1) is 26.1 Å². The van der Waals surface area contributed by atoms with Crippen LogP contribution < -0.4 is 14.8 Å². The van der Waals surface area contributed by atoms with Crippen molar-refractivity contribution in [3.05, 3.63) is 48.5 Å². The number of hydrogen-bond acceptors (Lipinski definition) is 7. The summed E-state index contributed by atoms with van der Waals surface area (Å²) in [6, 6.07) is 11.0. The van der Waals surface area contributed by atoms with E-state index in [9.17, 15) is 0 Å². The van der Waals surface area contributed by atoms with Crippen LogP contribution in [-0.4, -0.2) is 29.4 Å². The van der Waals surface area contributed by atoms with Gasteiger partial charge in [-0.15, -0.1) is 10.2 Å². The molecule has 24 heavy (non-hydrogen) atoms. The molecule has 0 spiro atoms. The molecule has 3 aromatic rings. The molecular formula is C17H18N4O3. The highest BCUT2D eigenvalue weighted by Gasteiger charge is 2.15. The van der Waals surface area contributed by atoms with Crippen molar-refractivity contribution in [2.45, 2.75) is 13.0 Å². The first kappa shape index (κ1) is 15.8. The van der Waals surface area contributed by atoms with Crippen molar-refractivity contribution in [3.8, 4) is 23.1 Å². The predicted molar refractivity (Wildman–Crippen MR) is 89.1 cm³/mol. The minimum absolute atomic E-state index is 0.153. The standard InChI is InChI=1S/C17H18N4O3/c1-11(19-13-6-9-15(23-3)18-10-13)16-20-21-17(24-16)12-4-7-14(22-2)8-5-12/h4-11,19H,1-3H3/t11-/m0/s1. The Kier molecular flexibility index (Phi) is 4.60. The smallest absolute Gasteiger partial charge is 0.247 e. The maximum atomic E-state index is 5.75. The highest BCUT2D eigenvalue weighted by atomic mass is 16.5. The zero-order valence-electron chi connectivity index (χ0n) is 13.7. The number of anilines is 1. The fourth-order valence-electron chi connectivity index (χ4n) is 2.16. The predicted octanol–water partition coefficient (Wildman–Crippen LogP) is 3.32. The Hall–Kier alpha value is -3.09. The zero-order valence-corrected chi connectivity index (χ0v) is 13.7. The number of ether oxygens (including phenoxy) is 2. The summed E-state index contributed by atoms with van der Waals surface area (Å²) in [6.07, 6.45) is 1.69. The average molecular weight is 326 g/mol. The van der Waals surface area contributed by atoms with E-state index in [1.54, 1.807) is 26.5 Å². The summed E-state index contributed by atoms with van der Waals surface area (Å²) in [5, 5.41) is 11.5. The van der Waals surface area contributed by atoms with E-state index in [1.807, 2.05) is 37.3 Å². The van der Waals surface area contributed by atoms with E-state index in [0.29, 0.717) is 17.7 Å². The van der Waals surface area contributed by atoms with Crippen LogP contribution in [0, 0.1) is 0 Å². The van der Waals surface area contributed by atoms with E-state index in [0.717, 1.165) is 17.0 Å². The Balaban J connectivity index is 1.71. The maximum Gasteiger partial charge on any atom is 0.247 e. The molecule has 3 rings (SSSR count). The van der Waals surface area contributed by atoms with E-state index in [2.05, 4.69) is 20.5 Å². The zero-order chi connectivity index (χ0) is 16.9. The summed E-state index contributed by atoms with van der Waals surface area (Å²) < 4.78 is 15.9. The van der Waals surface area contributed by atoms with Crippen molar-refractivity contribution in [1.82, 2.24) is 15.2 Å². The van der Waals surface area contributed by atoms with Gasteiger partial charge < -0.3 is 19.2 Å². The first-order valence-corrected chi connectivity index (χ1v) is 7.44. The lowest BCUT2D eigenvalue weighted by Gasteiger charge is -2.11. The van der Waals surface area contributed by atoms with Gasteiger partial charge in [0.25, 0.3) is 0 Å². The van der Waals surface area contributed by atoms with Gasteiger partial charge in [0, 0.05) is 11.6 Å². The van der Waals surface area contributed by atoms with Crippen molar-refractivity contribution in [3.63, 3.8) is 0 Å². The summed E-state index contributed by atoms with van der Waals surface area (Å²) in [5.41, 5.74) is 1.68. The number of aromatic nitrogens is 3. The number of rotatable bonds is 6. The van der Waals surface area contributed by atoms with Gasteiger partial charge in [-0.2, -0.15) is 0 Å². The van der Waals surface area contributed by atoms with E-state index >= 15 is 0 Å². The van der Waals surface area contributed by atoms with Crippen LogP contribution in [-0.2, 0) is 0 Å². The molecule has 1 atom stereocenters. The molecule has 0 aliphatic heterocycles.